The van der Waals surface area contributed by atoms with E-state index >= 15 is 0 Å². The van der Waals surface area contributed by atoms with Gasteiger partial charge in [0, 0.05) is 6.54 Å². The van der Waals surface area contributed by atoms with E-state index in [0.29, 0.717) is 19.8 Å². The molecule has 0 aromatic rings. The third-order valence-corrected chi connectivity index (χ3v) is 1.58. The van der Waals surface area contributed by atoms with E-state index in [-0.39, 0.29) is 12.6 Å². The zero-order valence-electron chi connectivity index (χ0n) is 7.06. The number of rotatable bonds is 3. The lowest BCUT2D eigenvalue weighted by Gasteiger charge is -2.23. The van der Waals surface area contributed by atoms with Crippen molar-refractivity contribution in [1.82, 2.24) is 5.32 Å². The fraction of sp³-hybridized carbons (Fsp3) is 1.00. The average Bonchev–Trinajstić information content (AvgIpc) is 2.04. The highest BCUT2D eigenvalue weighted by molar-refractivity contribution is 4.65. The molecule has 13 heavy (non-hydrogen) atoms. The molecule has 1 saturated heterocycles. The molecule has 1 atom stereocenters. The van der Waals surface area contributed by atoms with Gasteiger partial charge in [-0.05, 0) is 0 Å². The summed E-state index contributed by atoms with van der Waals surface area (Å²) in [6.45, 7) is 0.547. The maximum atomic E-state index is 11.7. The van der Waals surface area contributed by atoms with Crippen molar-refractivity contribution in [2.45, 2.75) is 12.3 Å². The zero-order chi connectivity index (χ0) is 9.73. The summed E-state index contributed by atoms with van der Waals surface area (Å²) in [5.74, 6) is 0. The molecule has 0 bridgehead atoms. The second-order valence-corrected chi connectivity index (χ2v) is 2.81. The van der Waals surface area contributed by atoms with Crippen molar-refractivity contribution in [2.24, 2.45) is 0 Å². The molecule has 1 aliphatic rings. The molecular formula is C7H12F3NO2. The first-order valence-corrected chi connectivity index (χ1v) is 4.05. The fourth-order valence-corrected chi connectivity index (χ4v) is 1.03. The zero-order valence-corrected chi connectivity index (χ0v) is 7.06. The Morgan fingerprint density at radius 3 is 2.62 bits per heavy atom. The second kappa shape index (κ2) is 4.78. The van der Waals surface area contributed by atoms with Crippen LogP contribution >= 0.6 is 0 Å². The van der Waals surface area contributed by atoms with Crippen molar-refractivity contribution >= 4 is 0 Å². The summed E-state index contributed by atoms with van der Waals surface area (Å²) in [5, 5.41) is 2.27. The molecule has 0 spiro atoms. The van der Waals surface area contributed by atoms with Gasteiger partial charge in [-0.3, -0.25) is 0 Å². The first kappa shape index (κ1) is 10.7. The number of hydrogen-bond donors (Lipinski definition) is 1. The summed E-state index contributed by atoms with van der Waals surface area (Å²) in [6.07, 6.45) is -4.41. The van der Waals surface area contributed by atoms with Crippen LogP contribution < -0.4 is 5.32 Å². The maximum Gasteiger partial charge on any atom is 0.401 e. The van der Waals surface area contributed by atoms with Crippen molar-refractivity contribution in [2.75, 3.05) is 32.9 Å². The fourth-order valence-electron chi connectivity index (χ4n) is 1.03. The van der Waals surface area contributed by atoms with E-state index in [9.17, 15) is 13.2 Å². The Morgan fingerprint density at radius 2 is 2.08 bits per heavy atom. The van der Waals surface area contributed by atoms with E-state index < -0.39 is 12.7 Å². The van der Waals surface area contributed by atoms with Crippen molar-refractivity contribution in [3.8, 4) is 0 Å². The van der Waals surface area contributed by atoms with E-state index in [2.05, 4.69) is 5.32 Å². The number of alkyl halides is 3. The van der Waals surface area contributed by atoms with Gasteiger partial charge in [-0.2, -0.15) is 13.2 Å². The van der Waals surface area contributed by atoms with Crippen LogP contribution in [0.15, 0.2) is 0 Å². The Bertz CT molecular complexity index is 145. The molecule has 1 aliphatic heterocycles. The molecule has 1 fully saturated rings. The number of ether oxygens (including phenoxy) is 2. The summed E-state index contributed by atoms with van der Waals surface area (Å²) in [5.41, 5.74) is 0. The molecular weight excluding hydrogens is 187 g/mol. The topological polar surface area (TPSA) is 30.5 Å². The molecule has 0 saturated carbocycles. The molecule has 78 valence electrons. The largest absolute Gasteiger partial charge is 0.401 e. The van der Waals surface area contributed by atoms with Crippen LogP contribution in [0, 0.1) is 0 Å². The molecule has 0 amide bonds. The number of halogens is 3. The standard InChI is InChI=1S/C7H12F3NO2/c8-7(9,10)5-11-3-6-4-12-1-2-13-6/h6,11H,1-5H2. The van der Waals surface area contributed by atoms with Gasteiger partial charge in [0.25, 0.3) is 0 Å². The molecule has 6 heteroatoms. The van der Waals surface area contributed by atoms with Gasteiger partial charge in [-0.1, -0.05) is 0 Å². The molecule has 1 unspecified atom stereocenters. The van der Waals surface area contributed by atoms with Crippen LogP contribution in [0.4, 0.5) is 13.2 Å². The van der Waals surface area contributed by atoms with Gasteiger partial charge in [-0.15, -0.1) is 0 Å². The van der Waals surface area contributed by atoms with E-state index in [4.69, 9.17) is 9.47 Å². The van der Waals surface area contributed by atoms with Crippen LogP contribution in [0.5, 0.6) is 0 Å². The lowest BCUT2D eigenvalue weighted by molar-refractivity contribution is -0.129. The van der Waals surface area contributed by atoms with Gasteiger partial charge in [0.2, 0.25) is 0 Å². The van der Waals surface area contributed by atoms with Gasteiger partial charge in [0.1, 0.15) is 0 Å². The van der Waals surface area contributed by atoms with Gasteiger partial charge in [-0.25, -0.2) is 0 Å². The van der Waals surface area contributed by atoms with Crippen LogP contribution in [-0.2, 0) is 9.47 Å². The molecule has 0 aliphatic carbocycles. The van der Waals surface area contributed by atoms with E-state index in [1.54, 1.807) is 0 Å². The molecule has 1 N–H and O–H groups in total. The normalized spacial score (nSPS) is 24.7. The summed E-state index contributed by atoms with van der Waals surface area (Å²) in [6, 6.07) is 0. The van der Waals surface area contributed by atoms with Crippen molar-refractivity contribution < 1.29 is 22.6 Å². The lowest BCUT2D eigenvalue weighted by atomic mass is 10.3. The molecule has 0 aromatic carbocycles. The van der Waals surface area contributed by atoms with Crippen molar-refractivity contribution in [3.05, 3.63) is 0 Å². The van der Waals surface area contributed by atoms with Crippen molar-refractivity contribution in [1.29, 1.82) is 0 Å². The lowest BCUT2D eigenvalue weighted by Crippen LogP contribution is -2.40. The third kappa shape index (κ3) is 5.07. The minimum Gasteiger partial charge on any atom is -0.376 e. The maximum absolute atomic E-state index is 11.7. The van der Waals surface area contributed by atoms with Crippen LogP contribution in [0.3, 0.4) is 0 Å². The Kier molecular flexibility index (Phi) is 3.95. The van der Waals surface area contributed by atoms with E-state index in [1.165, 1.54) is 0 Å². The van der Waals surface area contributed by atoms with Crippen LogP contribution in [0.25, 0.3) is 0 Å². The Balaban J connectivity index is 2.04. The molecule has 0 radical (unpaired) electrons. The Morgan fingerprint density at radius 1 is 1.31 bits per heavy atom. The molecule has 0 aromatic heterocycles. The Hall–Kier alpha value is -0.330. The van der Waals surface area contributed by atoms with Gasteiger partial charge < -0.3 is 14.8 Å². The highest BCUT2D eigenvalue weighted by Gasteiger charge is 2.27. The minimum absolute atomic E-state index is 0.180. The Labute approximate surface area is 74.2 Å². The molecule has 1 heterocycles. The van der Waals surface area contributed by atoms with Crippen LogP contribution in [-0.4, -0.2) is 45.2 Å². The second-order valence-electron chi connectivity index (χ2n) is 2.81. The van der Waals surface area contributed by atoms with E-state index in [0.717, 1.165) is 0 Å². The SMILES string of the molecule is FC(F)(F)CNCC1COCCO1. The molecule has 3 nitrogen and oxygen atoms in total. The van der Waals surface area contributed by atoms with Gasteiger partial charge in [0.15, 0.2) is 0 Å². The number of hydrogen-bond acceptors (Lipinski definition) is 3. The smallest absolute Gasteiger partial charge is 0.376 e. The van der Waals surface area contributed by atoms with Gasteiger partial charge >= 0.3 is 6.18 Å². The summed E-state index contributed by atoms with van der Waals surface area (Å²) >= 11 is 0. The van der Waals surface area contributed by atoms with Crippen molar-refractivity contribution in [3.63, 3.8) is 0 Å². The highest BCUT2D eigenvalue weighted by atomic mass is 19.4. The first-order valence-electron chi connectivity index (χ1n) is 4.05. The molecule has 1 rings (SSSR count). The monoisotopic (exact) mass is 199 g/mol. The highest BCUT2D eigenvalue weighted by Crippen LogP contribution is 2.12. The van der Waals surface area contributed by atoms with Gasteiger partial charge in [0.05, 0.1) is 32.5 Å². The minimum atomic E-state index is -4.16. The summed E-state index contributed by atoms with van der Waals surface area (Å²) < 4.78 is 45.2. The quantitative estimate of drug-likeness (QED) is 0.720. The predicted octanol–water partition coefficient (Wildman–Crippen LogP) is 0.554. The predicted molar refractivity (Wildman–Crippen MR) is 39.5 cm³/mol. The van der Waals surface area contributed by atoms with Crippen LogP contribution in [0.1, 0.15) is 0 Å². The van der Waals surface area contributed by atoms with Crippen LogP contribution in [0.2, 0.25) is 0 Å². The van der Waals surface area contributed by atoms with E-state index in [1.807, 2.05) is 0 Å². The summed E-state index contributed by atoms with van der Waals surface area (Å²) in [7, 11) is 0. The number of nitrogens with one attached hydrogen (secondary N) is 1. The first-order chi connectivity index (χ1) is 6.08. The third-order valence-electron chi connectivity index (χ3n) is 1.58. The summed E-state index contributed by atoms with van der Waals surface area (Å²) in [4.78, 5) is 0. The average molecular weight is 199 g/mol.